The van der Waals surface area contributed by atoms with Gasteiger partial charge < -0.3 is 14.3 Å². The quantitative estimate of drug-likeness (QED) is 0.603. The van der Waals surface area contributed by atoms with E-state index in [0.29, 0.717) is 31.2 Å². The number of benzene rings is 1. The van der Waals surface area contributed by atoms with Crippen LogP contribution in [0.1, 0.15) is 41.5 Å². The normalized spacial score (nSPS) is 14.6. The number of aryl methyl sites for hydroxylation is 2. The second kappa shape index (κ2) is 9.06. The van der Waals surface area contributed by atoms with Crippen molar-refractivity contribution < 1.29 is 13.7 Å². The average molecular weight is 438 g/mol. The van der Waals surface area contributed by atoms with Crippen molar-refractivity contribution >= 4 is 11.9 Å². The molecule has 1 saturated heterocycles. The second-order valence-electron chi connectivity index (χ2n) is 8.51. The molecule has 0 saturated carbocycles. The van der Waals surface area contributed by atoms with E-state index in [2.05, 4.69) is 10.1 Å². The predicted octanol–water partition coefficient (Wildman–Crippen LogP) is 3.90. The summed E-state index contributed by atoms with van der Waals surface area (Å²) >= 11 is 0. The van der Waals surface area contributed by atoms with E-state index in [9.17, 15) is 9.18 Å². The molecule has 3 aromatic rings. The summed E-state index contributed by atoms with van der Waals surface area (Å²) < 4.78 is 19.1. The number of piperidine rings is 1. The molecule has 4 rings (SSSR count). The Kier molecular flexibility index (Phi) is 6.21. The van der Waals surface area contributed by atoms with E-state index >= 15 is 0 Å². The van der Waals surface area contributed by atoms with E-state index in [1.54, 1.807) is 12.3 Å². The van der Waals surface area contributed by atoms with Crippen molar-refractivity contribution in [2.45, 2.75) is 39.0 Å². The maximum atomic E-state index is 13.9. The van der Waals surface area contributed by atoms with Crippen LogP contribution in [0.5, 0.6) is 0 Å². The highest BCUT2D eigenvalue weighted by molar-refractivity contribution is 5.79. The van der Waals surface area contributed by atoms with Crippen LogP contribution in [-0.4, -0.2) is 53.1 Å². The summed E-state index contributed by atoms with van der Waals surface area (Å²) in [6.45, 7) is 4.99. The highest BCUT2D eigenvalue weighted by Gasteiger charge is 2.28. The third-order valence-electron chi connectivity index (χ3n) is 6.08. The molecule has 0 atom stereocenters. The summed E-state index contributed by atoms with van der Waals surface area (Å²) in [6.07, 6.45) is 3.67. The Labute approximate surface area is 187 Å². The number of rotatable bonds is 5. The molecule has 1 aliphatic heterocycles. The number of carbonyl (C=O) groups is 1. The van der Waals surface area contributed by atoms with Gasteiger partial charge in [0.05, 0.1) is 17.8 Å². The summed E-state index contributed by atoms with van der Waals surface area (Å²) in [5.41, 5.74) is 4.16. The molecule has 0 unspecified atom stereocenters. The number of amides is 1. The average Bonchev–Trinajstić information content (AvgIpc) is 3.10. The van der Waals surface area contributed by atoms with Gasteiger partial charge >= 0.3 is 0 Å². The zero-order valence-electron chi connectivity index (χ0n) is 18.9. The van der Waals surface area contributed by atoms with Gasteiger partial charge in [0.15, 0.2) is 0 Å². The molecule has 0 bridgehead atoms. The molecule has 7 nitrogen and oxygen atoms in total. The first-order valence-corrected chi connectivity index (χ1v) is 10.8. The Morgan fingerprint density at radius 3 is 2.62 bits per heavy atom. The molecule has 8 heteroatoms. The van der Waals surface area contributed by atoms with Gasteiger partial charge in [0.1, 0.15) is 11.6 Å². The minimum absolute atomic E-state index is 0.0832. The topological polar surface area (TPSA) is 75.4 Å². The molecule has 2 aromatic heterocycles. The monoisotopic (exact) mass is 437 g/mol. The Morgan fingerprint density at radius 2 is 2.00 bits per heavy atom. The van der Waals surface area contributed by atoms with Crippen molar-refractivity contribution in [1.82, 2.24) is 20.0 Å². The van der Waals surface area contributed by atoms with E-state index < -0.39 is 0 Å². The Bertz CT molecular complexity index is 1100. The highest BCUT2D eigenvalue weighted by Crippen LogP contribution is 2.35. The third-order valence-corrected chi connectivity index (χ3v) is 6.08. The van der Waals surface area contributed by atoms with Crippen molar-refractivity contribution in [3.8, 4) is 11.1 Å². The van der Waals surface area contributed by atoms with Crippen molar-refractivity contribution in [3.05, 3.63) is 59.0 Å². The van der Waals surface area contributed by atoms with Crippen LogP contribution in [0, 0.1) is 19.7 Å². The molecule has 0 N–H and O–H groups in total. The standard InChI is InChI=1S/C24H28FN5O2/c1-15-20(16(2)32-28-15)13-22(31)30-10-8-17(9-11-30)23-21(14-26-24(27-23)29(3)4)18-6-5-7-19(25)12-18/h5-7,12,14,17H,8-11,13H2,1-4H3. The summed E-state index contributed by atoms with van der Waals surface area (Å²) in [5.74, 6) is 1.28. The lowest BCUT2D eigenvalue weighted by Crippen LogP contribution is -2.39. The molecule has 32 heavy (non-hydrogen) atoms. The van der Waals surface area contributed by atoms with Crippen LogP contribution in [-0.2, 0) is 11.2 Å². The maximum absolute atomic E-state index is 13.9. The van der Waals surface area contributed by atoms with Crippen molar-refractivity contribution in [2.75, 3.05) is 32.1 Å². The van der Waals surface area contributed by atoms with Crippen LogP contribution in [0.4, 0.5) is 10.3 Å². The minimum atomic E-state index is -0.287. The lowest BCUT2D eigenvalue weighted by molar-refractivity contribution is -0.131. The van der Waals surface area contributed by atoms with Crippen LogP contribution in [0.25, 0.3) is 11.1 Å². The predicted molar refractivity (Wildman–Crippen MR) is 120 cm³/mol. The molecular weight excluding hydrogens is 409 g/mol. The number of carbonyl (C=O) groups excluding carboxylic acids is 1. The van der Waals surface area contributed by atoms with Gasteiger partial charge in [-0.25, -0.2) is 14.4 Å². The van der Waals surface area contributed by atoms with Gasteiger partial charge in [-0.15, -0.1) is 0 Å². The van der Waals surface area contributed by atoms with Crippen LogP contribution in [0.15, 0.2) is 35.0 Å². The molecule has 168 valence electrons. The zero-order chi connectivity index (χ0) is 22.8. The van der Waals surface area contributed by atoms with Crippen LogP contribution >= 0.6 is 0 Å². The van der Waals surface area contributed by atoms with E-state index in [1.165, 1.54) is 12.1 Å². The molecule has 0 radical (unpaired) electrons. The first-order valence-electron chi connectivity index (χ1n) is 10.8. The van der Waals surface area contributed by atoms with Gasteiger partial charge in [-0.1, -0.05) is 17.3 Å². The van der Waals surface area contributed by atoms with Crippen molar-refractivity contribution in [2.24, 2.45) is 0 Å². The Morgan fingerprint density at radius 1 is 1.25 bits per heavy atom. The summed E-state index contributed by atoms with van der Waals surface area (Å²) in [5, 5.41) is 3.94. The SMILES string of the molecule is Cc1noc(C)c1CC(=O)N1CCC(c2nc(N(C)C)ncc2-c2cccc(F)c2)CC1. The van der Waals surface area contributed by atoms with E-state index in [1.807, 2.05) is 43.8 Å². The molecule has 0 aliphatic carbocycles. The van der Waals surface area contributed by atoms with Gasteiger partial charge in [-0.3, -0.25) is 4.79 Å². The van der Waals surface area contributed by atoms with Crippen molar-refractivity contribution in [3.63, 3.8) is 0 Å². The fourth-order valence-corrected chi connectivity index (χ4v) is 4.21. The molecule has 1 aliphatic rings. The molecule has 1 amide bonds. The van der Waals surface area contributed by atoms with Gasteiger partial charge in [-0.05, 0) is 44.4 Å². The highest BCUT2D eigenvalue weighted by atomic mass is 19.1. The third kappa shape index (κ3) is 4.49. The smallest absolute Gasteiger partial charge is 0.227 e. The number of halogens is 1. The van der Waals surface area contributed by atoms with Gasteiger partial charge in [0, 0.05) is 50.4 Å². The minimum Gasteiger partial charge on any atom is -0.361 e. The Balaban J connectivity index is 1.53. The lowest BCUT2D eigenvalue weighted by atomic mass is 9.88. The Hall–Kier alpha value is -3.29. The fourth-order valence-electron chi connectivity index (χ4n) is 4.21. The van der Waals surface area contributed by atoms with Gasteiger partial charge in [0.2, 0.25) is 11.9 Å². The zero-order valence-corrected chi connectivity index (χ0v) is 18.9. The van der Waals surface area contributed by atoms with Crippen molar-refractivity contribution in [1.29, 1.82) is 0 Å². The number of nitrogens with zero attached hydrogens (tertiary/aromatic N) is 5. The second-order valence-corrected chi connectivity index (χ2v) is 8.51. The number of likely N-dealkylation sites (tertiary alicyclic amines) is 1. The number of anilines is 1. The molecular formula is C24H28FN5O2. The fraction of sp³-hybridized carbons (Fsp3) is 0.417. The molecule has 1 fully saturated rings. The molecule has 0 spiro atoms. The number of aromatic nitrogens is 3. The maximum Gasteiger partial charge on any atom is 0.227 e. The van der Waals surface area contributed by atoms with Crippen LogP contribution in [0.2, 0.25) is 0 Å². The summed E-state index contributed by atoms with van der Waals surface area (Å²) in [6, 6.07) is 6.52. The molecule has 1 aromatic carbocycles. The largest absolute Gasteiger partial charge is 0.361 e. The molecule has 3 heterocycles. The lowest BCUT2D eigenvalue weighted by Gasteiger charge is -2.33. The number of hydrogen-bond acceptors (Lipinski definition) is 6. The van der Waals surface area contributed by atoms with E-state index in [4.69, 9.17) is 9.51 Å². The summed E-state index contributed by atoms with van der Waals surface area (Å²) in [7, 11) is 3.80. The van der Waals surface area contributed by atoms with E-state index in [0.717, 1.165) is 40.9 Å². The number of hydrogen-bond donors (Lipinski definition) is 0. The summed E-state index contributed by atoms with van der Waals surface area (Å²) in [4.78, 5) is 25.9. The van der Waals surface area contributed by atoms with Crippen LogP contribution < -0.4 is 4.90 Å². The van der Waals surface area contributed by atoms with Crippen LogP contribution in [0.3, 0.4) is 0 Å². The first kappa shape index (κ1) is 21.9. The first-order chi connectivity index (χ1) is 15.3. The van der Waals surface area contributed by atoms with Gasteiger partial charge in [-0.2, -0.15) is 0 Å². The van der Waals surface area contributed by atoms with E-state index in [-0.39, 0.29) is 17.6 Å². The van der Waals surface area contributed by atoms with Gasteiger partial charge in [0.25, 0.3) is 0 Å².